The molecule has 32 heavy (non-hydrogen) atoms. The van der Waals surface area contributed by atoms with Crippen LogP contribution < -0.4 is 5.32 Å². The van der Waals surface area contributed by atoms with Gasteiger partial charge in [-0.15, -0.1) is 0 Å². The number of nitrogens with zero attached hydrogens (tertiary/aromatic N) is 1. The molecule has 0 aliphatic carbocycles. The quantitative estimate of drug-likeness (QED) is 0.336. The van der Waals surface area contributed by atoms with Crippen molar-refractivity contribution in [1.82, 2.24) is 5.16 Å². The Kier molecular flexibility index (Phi) is 5.67. The molecule has 2 heterocycles. The molecule has 0 saturated heterocycles. The molecule has 0 fully saturated rings. The lowest BCUT2D eigenvalue weighted by molar-refractivity contribution is -0.137. The molecule has 6 nitrogen and oxygen atoms in total. The van der Waals surface area contributed by atoms with E-state index in [1.165, 1.54) is 30.5 Å². The molecule has 164 valence electrons. The molecule has 0 bridgehead atoms. The molecule has 2 aromatic carbocycles. The minimum absolute atomic E-state index is 0.00377. The summed E-state index contributed by atoms with van der Waals surface area (Å²) in [5, 5.41) is 15.8. The summed E-state index contributed by atoms with van der Waals surface area (Å²) in [6.07, 6.45) is -3.27. The van der Waals surface area contributed by atoms with E-state index in [2.05, 4.69) is 10.5 Å². The van der Waals surface area contributed by atoms with Crippen LogP contribution in [0, 0.1) is 0 Å². The first-order valence-corrected chi connectivity index (χ1v) is 9.59. The summed E-state index contributed by atoms with van der Waals surface area (Å²) in [4.78, 5) is 11.0. The van der Waals surface area contributed by atoms with E-state index in [1.54, 1.807) is 24.3 Å². The van der Waals surface area contributed by atoms with Crippen LogP contribution in [0.3, 0.4) is 0 Å². The molecule has 4 rings (SSSR count). The number of nitrogens with one attached hydrogen (secondary N) is 1. The Labute approximate surface area is 184 Å². The van der Waals surface area contributed by atoms with Crippen LogP contribution >= 0.6 is 11.6 Å². The van der Waals surface area contributed by atoms with E-state index in [0.29, 0.717) is 11.3 Å². The van der Waals surface area contributed by atoms with Gasteiger partial charge in [-0.05, 0) is 48.5 Å². The average molecular weight is 463 g/mol. The third-order valence-electron chi connectivity index (χ3n) is 4.69. The highest BCUT2D eigenvalue weighted by atomic mass is 35.5. The van der Waals surface area contributed by atoms with Crippen LogP contribution in [0.2, 0.25) is 5.02 Å². The maximum absolute atomic E-state index is 13.7. The Morgan fingerprint density at radius 1 is 1.09 bits per heavy atom. The van der Waals surface area contributed by atoms with Gasteiger partial charge >= 0.3 is 12.1 Å². The van der Waals surface area contributed by atoms with E-state index in [4.69, 9.17) is 25.6 Å². The molecule has 2 N–H and O–H groups in total. The molecule has 4 aromatic rings. The number of furan rings is 1. The Bertz CT molecular complexity index is 1250. The number of aromatic nitrogens is 1. The van der Waals surface area contributed by atoms with E-state index in [1.807, 2.05) is 0 Å². The summed E-state index contributed by atoms with van der Waals surface area (Å²) in [5.74, 6) is -0.647. The predicted molar refractivity (Wildman–Crippen MR) is 110 cm³/mol. The number of benzene rings is 2. The smallest absolute Gasteiger partial charge is 0.417 e. The van der Waals surface area contributed by atoms with Gasteiger partial charge in [-0.25, -0.2) is 4.79 Å². The molecule has 0 aliphatic heterocycles. The second-order valence-electron chi connectivity index (χ2n) is 6.71. The van der Waals surface area contributed by atoms with Crippen LogP contribution in [0.4, 0.5) is 18.9 Å². The van der Waals surface area contributed by atoms with Crippen LogP contribution in [0.15, 0.2) is 69.8 Å². The van der Waals surface area contributed by atoms with Gasteiger partial charge in [0.1, 0.15) is 5.69 Å². The molecule has 2 aromatic heterocycles. The van der Waals surface area contributed by atoms with Gasteiger partial charge in [0.15, 0.2) is 5.76 Å². The molecule has 0 aliphatic rings. The van der Waals surface area contributed by atoms with Crippen molar-refractivity contribution in [1.29, 1.82) is 0 Å². The number of anilines is 1. The Morgan fingerprint density at radius 3 is 2.47 bits per heavy atom. The number of carboxylic acid groups (broad SMARTS) is 1. The van der Waals surface area contributed by atoms with Gasteiger partial charge in [0.25, 0.3) is 0 Å². The van der Waals surface area contributed by atoms with Crippen molar-refractivity contribution >= 4 is 23.3 Å². The highest BCUT2D eigenvalue weighted by Gasteiger charge is 2.37. The topological polar surface area (TPSA) is 88.5 Å². The molecule has 0 unspecified atom stereocenters. The fraction of sp³-hybridized carbons (Fsp3) is 0.0909. The van der Waals surface area contributed by atoms with Gasteiger partial charge in [0.2, 0.25) is 5.76 Å². The minimum atomic E-state index is -4.67. The molecular weight excluding hydrogens is 449 g/mol. The van der Waals surface area contributed by atoms with Crippen molar-refractivity contribution in [3.8, 4) is 22.8 Å². The molecule has 0 saturated carbocycles. The zero-order valence-corrected chi connectivity index (χ0v) is 16.9. The fourth-order valence-corrected chi connectivity index (χ4v) is 3.46. The van der Waals surface area contributed by atoms with E-state index in [0.717, 1.165) is 6.07 Å². The van der Waals surface area contributed by atoms with E-state index in [-0.39, 0.29) is 39.9 Å². The maximum Gasteiger partial charge on any atom is 0.417 e. The summed E-state index contributed by atoms with van der Waals surface area (Å²) >= 11 is 6.16. The number of carbonyl (C=O) groups is 1. The number of hydrogen-bond acceptors (Lipinski definition) is 5. The summed E-state index contributed by atoms with van der Waals surface area (Å²) < 4.78 is 51.8. The molecule has 0 spiro atoms. The van der Waals surface area contributed by atoms with Gasteiger partial charge in [-0.1, -0.05) is 22.8 Å². The van der Waals surface area contributed by atoms with Crippen LogP contribution in [-0.2, 0) is 12.7 Å². The number of halogens is 4. The Morgan fingerprint density at radius 2 is 1.84 bits per heavy atom. The van der Waals surface area contributed by atoms with Crippen molar-refractivity contribution in [2.24, 2.45) is 0 Å². The first-order chi connectivity index (χ1) is 15.3. The monoisotopic (exact) mass is 462 g/mol. The number of aromatic carboxylic acids is 1. The zero-order chi connectivity index (χ0) is 22.9. The van der Waals surface area contributed by atoms with Crippen LogP contribution in [0.1, 0.15) is 21.5 Å². The molecule has 0 atom stereocenters. The summed E-state index contributed by atoms with van der Waals surface area (Å²) in [7, 11) is 0. The molecular formula is C22H14ClF3N2O4. The van der Waals surface area contributed by atoms with Gasteiger partial charge < -0.3 is 19.4 Å². The maximum atomic E-state index is 13.7. The van der Waals surface area contributed by atoms with Crippen LogP contribution in [0.25, 0.3) is 22.8 Å². The summed E-state index contributed by atoms with van der Waals surface area (Å²) in [6, 6.07) is 12.6. The number of carboxylic acids is 1. The number of alkyl halides is 3. The standard InChI is InChI=1S/C22H14ClF3N2O4/c23-16-4-1-3-15(22(24,25)26)18(16)19-14(20(32-28-19)17-5-2-10-31-17)11-27-13-8-6-12(7-9-13)21(29)30/h1-10,27H,11H2,(H,29,30). The first-order valence-electron chi connectivity index (χ1n) is 9.21. The van der Waals surface area contributed by atoms with Gasteiger partial charge in [-0.3, -0.25) is 0 Å². The largest absolute Gasteiger partial charge is 0.478 e. The second-order valence-corrected chi connectivity index (χ2v) is 7.12. The molecule has 0 radical (unpaired) electrons. The SMILES string of the molecule is O=C(O)c1ccc(NCc2c(-c3c(Cl)cccc3C(F)(F)F)noc2-c2ccco2)cc1. The van der Waals surface area contributed by atoms with Crippen molar-refractivity contribution in [3.05, 3.63) is 82.6 Å². The molecule has 10 heteroatoms. The zero-order valence-electron chi connectivity index (χ0n) is 16.1. The summed E-state index contributed by atoms with van der Waals surface area (Å²) in [5.41, 5.74) is -0.395. The third-order valence-corrected chi connectivity index (χ3v) is 5.01. The lowest BCUT2D eigenvalue weighted by atomic mass is 9.99. The fourth-order valence-electron chi connectivity index (χ4n) is 3.19. The lowest BCUT2D eigenvalue weighted by Gasteiger charge is -2.14. The van der Waals surface area contributed by atoms with Crippen LogP contribution in [0.5, 0.6) is 0 Å². The summed E-state index contributed by atoms with van der Waals surface area (Å²) in [6.45, 7) is 0.00377. The highest BCUT2D eigenvalue weighted by Crippen LogP contribution is 2.43. The van der Waals surface area contributed by atoms with Crippen LogP contribution in [-0.4, -0.2) is 16.2 Å². The van der Waals surface area contributed by atoms with Crippen molar-refractivity contribution in [3.63, 3.8) is 0 Å². The predicted octanol–water partition coefficient (Wildman–Crippen LogP) is 6.58. The number of hydrogen-bond donors (Lipinski definition) is 2. The van der Waals surface area contributed by atoms with Crippen molar-refractivity contribution < 1.29 is 32.0 Å². The van der Waals surface area contributed by atoms with E-state index in [9.17, 15) is 18.0 Å². The van der Waals surface area contributed by atoms with Gasteiger partial charge in [0, 0.05) is 17.8 Å². The van der Waals surface area contributed by atoms with Crippen molar-refractivity contribution in [2.75, 3.05) is 5.32 Å². The first kappa shape index (κ1) is 21.5. The number of rotatable bonds is 6. The highest BCUT2D eigenvalue weighted by molar-refractivity contribution is 6.33. The average Bonchev–Trinajstić information content (AvgIpc) is 3.41. The van der Waals surface area contributed by atoms with E-state index >= 15 is 0 Å². The van der Waals surface area contributed by atoms with Crippen molar-refractivity contribution in [2.45, 2.75) is 12.7 Å². The lowest BCUT2D eigenvalue weighted by Crippen LogP contribution is -2.09. The Hall–Kier alpha value is -3.72. The third kappa shape index (κ3) is 4.19. The van der Waals surface area contributed by atoms with E-state index < -0.39 is 17.7 Å². The normalized spacial score (nSPS) is 11.5. The van der Waals surface area contributed by atoms with Gasteiger partial charge in [0.05, 0.1) is 28.0 Å². The van der Waals surface area contributed by atoms with Gasteiger partial charge in [-0.2, -0.15) is 13.2 Å². The second kappa shape index (κ2) is 8.43. The minimum Gasteiger partial charge on any atom is -0.478 e. The Balaban J connectivity index is 1.78. The molecule has 0 amide bonds.